The maximum Gasteiger partial charge on any atom is 0.251 e. The number of amides is 1. The number of pyridine rings is 1. The van der Waals surface area contributed by atoms with Crippen LogP contribution in [0.15, 0.2) is 12.1 Å². The van der Waals surface area contributed by atoms with Crippen LogP contribution in [0.25, 0.3) is 0 Å². The van der Waals surface area contributed by atoms with Crippen molar-refractivity contribution in [2.75, 3.05) is 12.3 Å². The van der Waals surface area contributed by atoms with Gasteiger partial charge in [0.15, 0.2) is 0 Å². The minimum absolute atomic E-state index is 0.0734. The first-order chi connectivity index (χ1) is 8.66. The van der Waals surface area contributed by atoms with E-state index < -0.39 is 0 Å². The number of anilines is 1. The van der Waals surface area contributed by atoms with Crippen molar-refractivity contribution in [2.24, 2.45) is 16.7 Å². The summed E-state index contributed by atoms with van der Waals surface area (Å²) < 4.78 is 0. The van der Waals surface area contributed by atoms with Crippen molar-refractivity contribution in [3.8, 4) is 0 Å². The number of nitrogens with zero attached hydrogens (tertiary/aromatic N) is 1. The number of nitrogens with two attached hydrogens (primary N) is 1. The fraction of sp³-hybridized carbons (Fsp3) is 0.600. The minimum atomic E-state index is -0.0734. The number of aryl methyl sites for hydroxylation is 1. The number of rotatable bonds is 3. The van der Waals surface area contributed by atoms with E-state index in [9.17, 15) is 4.79 Å². The summed E-state index contributed by atoms with van der Waals surface area (Å²) in [6.45, 7) is 11.5. The molecular formula is C15H23N3O. The molecule has 0 bridgehead atoms. The topological polar surface area (TPSA) is 68.0 Å². The van der Waals surface area contributed by atoms with E-state index in [1.54, 1.807) is 12.1 Å². The van der Waals surface area contributed by atoms with Crippen molar-refractivity contribution in [1.82, 2.24) is 10.3 Å². The van der Waals surface area contributed by atoms with Crippen LogP contribution in [0.2, 0.25) is 0 Å². The van der Waals surface area contributed by atoms with Gasteiger partial charge in [0.1, 0.15) is 5.82 Å². The third kappa shape index (κ3) is 2.31. The predicted octanol–water partition coefficient (Wildman–Crippen LogP) is 2.38. The fourth-order valence-corrected chi connectivity index (χ4v) is 2.97. The lowest BCUT2D eigenvalue weighted by Gasteiger charge is -2.07. The summed E-state index contributed by atoms with van der Waals surface area (Å²) >= 11 is 0. The van der Waals surface area contributed by atoms with Crippen molar-refractivity contribution >= 4 is 11.7 Å². The summed E-state index contributed by atoms with van der Waals surface area (Å²) in [5.74, 6) is 0.831. The highest BCUT2D eigenvalue weighted by molar-refractivity contribution is 5.94. The standard InChI is InChI=1S/C15H23N3O/c1-9-6-10(7-12(16)18-9)13(19)17-8-11-14(2,3)15(11,4)5/h6-7,11H,8H2,1-5H3,(H2,16,18)(H,17,19). The number of carbonyl (C=O) groups excluding carboxylic acids is 1. The first-order valence-corrected chi connectivity index (χ1v) is 6.68. The molecule has 0 saturated heterocycles. The lowest BCUT2D eigenvalue weighted by molar-refractivity contribution is 0.0949. The molecule has 1 aliphatic rings. The molecular weight excluding hydrogens is 238 g/mol. The second-order valence-electron chi connectivity index (χ2n) is 6.63. The highest BCUT2D eigenvalue weighted by Gasteiger charge is 2.64. The molecule has 1 aliphatic carbocycles. The molecule has 104 valence electrons. The van der Waals surface area contributed by atoms with Crippen molar-refractivity contribution in [3.05, 3.63) is 23.4 Å². The Bertz CT molecular complexity index is 486. The van der Waals surface area contributed by atoms with E-state index in [4.69, 9.17) is 5.73 Å². The highest BCUT2D eigenvalue weighted by Crippen LogP contribution is 2.67. The van der Waals surface area contributed by atoms with Crippen molar-refractivity contribution < 1.29 is 4.79 Å². The fourth-order valence-electron chi connectivity index (χ4n) is 2.97. The van der Waals surface area contributed by atoms with Crippen molar-refractivity contribution in [1.29, 1.82) is 0 Å². The van der Waals surface area contributed by atoms with E-state index in [1.807, 2.05) is 6.92 Å². The van der Waals surface area contributed by atoms with Crippen LogP contribution in [0.3, 0.4) is 0 Å². The maximum absolute atomic E-state index is 12.1. The van der Waals surface area contributed by atoms with Gasteiger partial charge in [0.2, 0.25) is 0 Å². The second-order valence-corrected chi connectivity index (χ2v) is 6.63. The Balaban J connectivity index is 2.00. The van der Waals surface area contributed by atoms with E-state index >= 15 is 0 Å². The van der Waals surface area contributed by atoms with E-state index in [1.165, 1.54) is 0 Å². The van der Waals surface area contributed by atoms with Crippen LogP contribution in [0, 0.1) is 23.7 Å². The summed E-state index contributed by atoms with van der Waals surface area (Å²) in [6.07, 6.45) is 0. The molecule has 1 aromatic rings. The van der Waals surface area contributed by atoms with Crippen LogP contribution >= 0.6 is 0 Å². The largest absolute Gasteiger partial charge is 0.384 e. The van der Waals surface area contributed by atoms with Crippen molar-refractivity contribution in [2.45, 2.75) is 34.6 Å². The number of hydrogen-bond donors (Lipinski definition) is 2. The third-order valence-electron chi connectivity index (χ3n) is 5.02. The van der Waals surface area contributed by atoms with Gasteiger partial charge in [-0.05, 0) is 35.8 Å². The smallest absolute Gasteiger partial charge is 0.251 e. The van der Waals surface area contributed by atoms with E-state index in [0.29, 0.717) is 23.8 Å². The van der Waals surface area contributed by atoms with Gasteiger partial charge in [0.25, 0.3) is 5.91 Å². The van der Waals surface area contributed by atoms with Gasteiger partial charge in [-0.1, -0.05) is 27.7 Å². The molecule has 0 radical (unpaired) electrons. The zero-order valence-corrected chi connectivity index (χ0v) is 12.4. The number of aromatic nitrogens is 1. The van der Waals surface area contributed by atoms with Crippen molar-refractivity contribution in [3.63, 3.8) is 0 Å². The highest BCUT2D eigenvalue weighted by atomic mass is 16.1. The Hall–Kier alpha value is -1.58. The molecule has 4 heteroatoms. The van der Waals surface area contributed by atoms with Gasteiger partial charge < -0.3 is 11.1 Å². The Labute approximate surface area is 114 Å². The number of nitrogens with one attached hydrogen (secondary N) is 1. The van der Waals surface area contributed by atoms with Gasteiger partial charge in [-0.2, -0.15) is 0 Å². The SMILES string of the molecule is Cc1cc(C(=O)NCC2C(C)(C)C2(C)C)cc(N)n1. The van der Waals surface area contributed by atoms with E-state index in [2.05, 4.69) is 38.0 Å². The molecule has 0 unspecified atom stereocenters. The lowest BCUT2D eigenvalue weighted by atomic mass is 10.0. The van der Waals surface area contributed by atoms with Crippen LogP contribution in [-0.2, 0) is 0 Å². The van der Waals surface area contributed by atoms with Crippen LogP contribution < -0.4 is 11.1 Å². The molecule has 1 aromatic heterocycles. The van der Waals surface area contributed by atoms with Crippen LogP contribution in [0.5, 0.6) is 0 Å². The molecule has 1 saturated carbocycles. The number of carbonyl (C=O) groups is 1. The molecule has 0 atom stereocenters. The number of hydrogen-bond acceptors (Lipinski definition) is 3. The molecule has 2 rings (SSSR count). The summed E-state index contributed by atoms with van der Waals surface area (Å²) in [5.41, 5.74) is 7.58. The van der Waals surface area contributed by atoms with Gasteiger partial charge in [0.05, 0.1) is 0 Å². The predicted molar refractivity (Wildman–Crippen MR) is 76.8 cm³/mol. The summed E-state index contributed by atoms with van der Waals surface area (Å²) in [5, 5.41) is 3.00. The van der Waals surface area contributed by atoms with Crippen LogP contribution in [0.1, 0.15) is 43.7 Å². The van der Waals surface area contributed by atoms with Gasteiger partial charge in [-0.25, -0.2) is 4.98 Å². The average Bonchev–Trinajstić information content (AvgIpc) is 2.65. The zero-order valence-electron chi connectivity index (χ0n) is 12.4. The quantitative estimate of drug-likeness (QED) is 0.877. The first-order valence-electron chi connectivity index (χ1n) is 6.68. The molecule has 4 nitrogen and oxygen atoms in total. The van der Waals surface area contributed by atoms with Gasteiger partial charge in [-0.15, -0.1) is 0 Å². The van der Waals surface area contributed by atoms with Gasteiger partial charge >= 0.3 is 0 Å². The molecule has 1 fully saturated rings. The molecule has 3 N–H and O–H groups in total. The minimum Gasteiger partial charge on any atom is -0.384 e. The molecule has 0 spiro atoms. The average molecular weight is 261 g/mol. The summed E-state index contributed by atoms with van der Waals surface area (Å²) in [4.78, 5) is 16.2. The Morgan fingerprint density at radius 3 is 2.37 bits per heavy atom. The maximum atomic E-state index is 12.1. The molecule has 19 heavy (non-hydrogen) atoms. The Morgan fingerprint density at radius 1 is 1.32 bits per heavy atom. The summed E-state index contributed by atoms with van der Waals surface area (Å²) in [6, 6.07) is 3.38. The Kier molecular flexibility index (Phi) is 3.07. The van der Waals surface area contributed by atoms with E-state index in [-0.39, 0.29) is 16.7 Å². The third-order valence-corrected chi connectivity index (χ3v) is 5.02. The zero-order chi connectivity index (χ0) is 14.4. The number of nitrogen functional groups attached to an aromatic ring is 1. The molecule has 0 aliphatic heterocycles. The first kappa shape index (κ1) is 13.8. The lowest BCUT2D eigenvalue weighted by Crippen LogP contribution is -2.27. The molecule has 0 aromatic carbocycles. The van der Waals surface area contributed by atoms with E-state index in [0.717, 1.165) is 5.69 Å². The Morgan fingerprint density at radius 2 is 1.89 bits per heavy atom. The second kappa shape index (κ2) is 4.22. The van der Waals surface area contributed by atoms with Crippen LogP contribution in [0.4, 0.5) is 5.82 Å². The molecule has 1 heterocycles. The van der Waals surface area contributed by atoms with Gasteiger partial charge in [-0.3, -0.25) is 4.79 Å². The molecule has 1 amide bonds. The van der Waals surface area contributed by atoms with Gasteiger partial charge in [0, 0.05) is 17.8 Å². The summed E-state index contributed by atoms with van der Waals surface area (Å²) in [7, 11) is 0. The monoisotopic (exact) mass is 261 g/mol. The van der Waals surface area contributed by atoms with Crippen LogP contribution in [-0.4, -0.2) is 17.4 Å². The normalized spacial score (nSPS) is 20.1.